The maximum absolute atomic E-state index is 13.4. The Hall–Kier alpha value is -8.92. The summed E-state index contributed by atoms with van der Waals surface area (Å²) in [5.74, 6) is 0.744. The van der Waals surface area contributed by atoms with Crippen molar-refractivity contribution in [2.75, 3.05) is 35.9 Å². The summed E-state index contributed by atoms with van der Waals surface area (Å²) in [4.78, 5) is 2.29. The Balaban J connectivity index is 0.000000303. The number of hydrogen-bond donors (Lipinski definition) is 8. The van der Waals surface area contributed by atoms with Gasteiger partial charge in [-0.25, -0.2) is 42.1 Å². The lowest BCUT2D eigenvalue weighted by Crippen LogP contribution is -2.51. The van der Waals surface area contributed by atoms with E-state index in [0.29, 0.717) is 49.3 Å². The predicted octanol–water partition coefficient (Wildman–Crippen LogP) is 24.4. The third-order valence-corrected chi connectivity index (χ3v) is 37.3. The molecule has 7 N–H and O–H groups in total. The molecular weight excluding hydrogens is 1900 g/mol. The Labute approximate surface area is 846 Å². The molecule has 140 heavy (non-hydrogen) atoms. The van der Waals surface area contributed by atoms with Crippen molar-refractivity contribution in [2.24, 2.45) is 0 Å². The lowest BCUT2D eigenvalue weighted by molar-refractivity contribution is -0.193. The van der Waals surface area contributed by atoms with Crippen LogP contribution in [0.2, 0.25) is 0 Å². The van der Waals surface area contributed by atoms with Gasteiger partial charge in [-0.1, -0.05) is 365 Å². The van der Waals surface area contributed by atoms with Crippen LogP contribution in [0.5, 0.6) is 17.2 Å². The number of rotatable bonds is 26. The van der Waals surface area contributed by atoms with Crippen molar-refractivity contribution in [1.82, 2.24) is 26.3 Å². The summed E-state index contributed by atoms with van der Waals surface area (Å²) in [6.07, 6.45) is 17.4. The average Bonchev–Trinajstić information content (AvgIpc) is 1.55. The smallest absolute Gasteiger partial charge is 0.425 e. The molecule has 0 fully saturated rings. The highest BCUT2D eigenvalue weighted by Crippen LogP contribution is 2.48. The van der Waals surface area contributed by atoms with Crippen LogP contribution < -0.4 is 26.0 Å². The van der Waals surface area contributed by atoms with Gasteiger partial charge >= 0.3 is 10.6 Å². The van der Waals surface area contributed by atoms with E-state index in [0.717, 1.165) is 160 Å². The van der Waals surface area contributed by atoms with Crippen molar-refractivity contribution < 1.29 is 74.9 Å². The number of hydrogen-bond acceptors (Lipinski definition) is 23. The number of phenols is 2. The first-order valence-electron chi connectivity index (χ1n) is 47.3. The number of aromatic hydroxyl groups is 2. The van der Waals surface area contributed by atoms with Crippen LogP contribution in [0, 0.1) is 0 Å². The van der Waals surface area contributed by atoms with Crippen molar-refractivity contribution in [3.05, 3.63) is 304 Å². The van der Waals surface area contributed by atoms with E-state index in [4.69, 9.17) is 17.4 Å². The Morgan fingerprint density at radius 1 is 0.329 bits per heavy atom. The zero-order chi connectivity index (χ0) is 98.2. The number of sulfone groups is 5. The van der Waals surface area contributed by atoms with E-state index in [1.807, 2.05) is 172 Å². The normalized spacial score (nSPS) is 23.2. The standard InChI is InChI=1S/C22H29NO3S.C21H27NO4S.C21H27NO3S.C21H27NO2S2.C21H27NO2S.5CH4.O3S/c1-4-6-14-22(5-2)16-27(24,25)20-15-18(26-3)12-13-19(20)21(23-22)17-10-8-7-9-11-17;1-3-5-13-21(4-2)15-27(25,26)19-14-17(23)11-12-18(19)20(22(21)24)16-9-7-6-8-10-16;1-3-5-13-21(4-2)15-26(24,25)19-14-17(23)11-12-18(19)20(22-21)16-9-7-6-8-10-16;1-3-5-13-21(4-2)15-26(23,24)19-14-17(25)11-12-18(19)20(22-21)16-9-7-6-8-10-16;1-3-5-15-21(4-2)16-25(23,24)19-14-10-9-13-18(19)20(22-21)17-11-7-6-8-12-17;;;;;;1-4(2)3/h7-13,15,21,23H,4-6,14,16H2,1-3H3;6-12,14,20,23-24H,3-5,13,15H2,1-2H3;6-12,14,20,22-23H,3-5,13,15H2,1-2H3;6-12,14,20,22,25H,3-5,13,15H2,1-2H3;6-14,20,22H,3-5,15-16H2,1-2H3;5*1H4;/t21-,22-;4*20-,21-;;;;;;/m11111....../s1. The minimum absolute atomic E-state index is 0. The summed E-state index contributed by atoms with van der Waals surface area (Å²) in [5.41, 5.74) is 6.19. The summed E-state index contributed by atoms with van der Waals surface area (Å²) in [7, 11) is -18.9. The molecule has 0 bridgehead atoms. The number of nitrogens with zero attached hydrogens (tertiary/aromatic N) is 1. The summed E-state index contributed by atoms with van der Waals surface area (Å²) in [5, 5.41) is 47.5. The molecule has 5 heterocycles. The van der Waals surface area contributed by atoms with Crippen LogP contribution >= 0.6 is 12.6 Å². The molecule has 22 nitrogen and oxygen atoms in total. The molecule has 0 unspecified atom stereocenters. The Morgan fingerprint density at radius 2 is 0.593 bits per heavy atom. The molecule has 5 aliphatic heterocycles. The van der Waals surface area contributed by atoms with Gasteiger partial charge in [0.2, 0.25) is 0 Å². The van der Waals surface area contributed by atoms with Crippen molar-refractivity contribution in [3.63, 3.8) is 0 Å². The Bertz CT molecular complexity index is 6150. The number of hydroxylamine groups is 2. The lowest BCUT2D eigenvalue weighted by atomic mass is 9.87. The van der Waals surface area contributed by atoms with Gasteiger partial charge in [-0.15, -0.1) is 25.3 Å². The second-order valence-corrected chi connectivity index (χ2v) is 47.1. The number of ether oxygens (including phenoxy) is 1. The van der Waals surface area contributed by atoms with Gasteiger partial charge < -0.3 is 20.2 Å². The number of methoxy groups -OCH3 is 1. The molecule has 0 aromatic heterocycles. The third-order valence-electron chi connectivity index (χ3n) is 27.2. The molecule has 0 amide bonds. The number of fused-ring (bicyclic) bond motifs is 5. The van der Waals surface area contributed by atoms with Gasteiger partial charge in [0.1, 0.15) is 17.2 Å². The minimum atomic E-state index is -3.69. The van der Waals surface area contributed by atoms with E-state index in [9.17, 15) is 57.5 Å². The van der Waals surface area contributed by atoms with Gasteiger partial charge in [-0.2, -0.15) is 5.06 Å². The van der Waals surface area contributed by atoms with Crippen LogP contribution in [0.1, 0.15) is 321 Å². The molecule has 0 saturated heterocycles. The van der Waals surface area contributed by atoms with Crippen LogP contribution in [0.3, 0.4) is 0 Å². The second-order valence-electron chi connectivity index (χ2n) is 36.3. The molecule has 0 radical (unpaired) electrons. The van der Waals surface area contributed by atoms with Gasteiger partial charge in [0.25, 0.3) is 0 Å². The van der Waals surface area contributed by atoms with Gasteiger partial charge in [-0.05, 0) is 174 Å². The number of unbranched alkanes of at least 4 members (excludes halogenated alkanes) is 5. The van der Waals surface area contributed by atoms with Crippen molar-refractivity contribution >= 4 is 72.4 Å². The highest BCUT2D eigenvalue weighted by atomic mass is 32.2. The van der Waals surface area contributed by atoms with Crippen LogP contribution in [0.25, 0.3) is 0 Å². The first-order valence-corrected chi connectivity index (χ1v) is 57.1. The molecule has 10 aromatic rings. The molecule has 770 valence electrons. The van der Waals surface area contributed by atoms with Crippen molar-refractivity contribution in [1.29, 1.82) is 0 Å². The molecule has 10 atom stereocenters. The zero-order valence-electron chi connectivity index (χ0n) is 79.6. The summed E-state index contributed by atoms with van der Waals surface area (Å²) < 4.78 is 163. The van der Waals surface area contributed by atoms with Crippen LogP contribution in [-0.2, 0) is 59.8 Å². The maximum atomic E-state index is 13.4. The van der Waals surface area contributed by atoms with Crippen molar-refractivity contribution in [2.45, 2.75) is 322 Å². The predicted molar refractivity (Wildman–Crippen MR) is 573 cm³/mol. The highest BCUT2D eigenvalue weighted by Gasteiger charge is 2.50. The number of benzene rings is 10. The average molecular weight is 2060 g/mol. The SMILES string of the molecule is C.C.C.C.C.CCCC[C@]1(CC)CS(=O)(=O)c2cc(O)ccc2[C@@H](c2ccccc2)N1.CCCC[C@]1(CC)CS(=O)(=O)c2cc(O)ccc2[C@@H](c2ccccc2)N1O.CCCC[C@]1(CC)CS(=O)(=O)c2cc(OC)ccc2[C@@H](c2ccccc2)N1.CCCC[C@]1(CC)CS(=O)(=O)c2cc(S)ccc2[C@@H](c2ccccc2)N1.CCCC[C@]1(CC)CS(=O)(=O)c2ccccc2[C@@H](c2ccccc2)N1.O=S(=O)=O. The molecule has 0 aliphatic carbocycles. The fourth-order valence-corrected chi connectivity index (χ4v) is 30.6. The van der Waals surface area contributed by atoms with Gasteiger partial charge in [0, 0.05) is 27.1 Å². The van der Waals surface area contributed by atoms with Gasteiger partial charge in [-0.3, -0.25) is 21.3 Å². The van der Waals surface area contributed by atoms with E-state index < -0.39 is 93.5 Å². The lowest BCUT2D eigenvalue weighted by Gasteiger charge is -2.42. The molecule has 10 aromatic carbocycles. The van der Waals surface area contributed by atoms with E-state index in [-0.39, 0.29) is 111 Å². The summed E-state index contributed by atoms with van der Waals surface area (Å²) >= 11 is 4.39. The second kappa shape index (κ2) is 54.1. The molecule has 15 rings (SSSR count). The van der Waals surface area contributed by atoms with E-state index in [2.05, 4.69) is 126 Å². The van der Waals surface area contributed by atoms with E-state index in [1.165, 1.54) is 23.3 Å². The third kappa shape index (κ3) is 29.9. The number of thiol groups is 1. The molecule has 0 spiro atoms. The minimum Gasteiger partial charge on any atom is -0.508 e. The number of phenolic OH excluding ortho intramolecular Hbond substituents is 2. The summed E-state index contributed by atoms with van der Waals surface area (Å²) in [6, 6.07) is 75.9. The highest BCUT2D eigenvalue weighted by molar-refractivity contribution is 7.92. The largest absolute Gasteiger partial charge is 0.508 e. The number of nitrogens with one attached hydrogen (secondary N) is 4. The fourth-order valence-electron chi connectivity index (χ4n) is 19.5. The molecule has 5 aliphatic rings. The topological polar surface area (TPSA) is 343 Å². The van der Waals surface area contributed by atoms with Crippen LogP contribution in [0.4, 0.5) is 0 Å². The van der Waals surface area contributed by atoms with Crippen LogP contribution in [0.15, 0.2) is 278 Å². The van der Waals surface area contributed by atoms with E-state index >= 15 is 0 Å². The van der Waals surface area contributed by atoms with Gasteiger partial charge in [0.05, 0.1) is 96.1 Å². The zero-order valence-corrected chi connectivity index (χ0v) is 85.4. The first-order chi connectivity index (χ1) is 64.3. The Kier molecular flexibility index (Phi) is 47.0. The quantitative estimate of drug-likeness (QED) is 0.0233. The monoisotopic (exact) mass is 2060 g/mol. The van der Waals surface area contributed by atoms with E-state index in [1.54, 1.807) is 43.5 Å². The van der Waals surface area contributed by atoms with Crippen LogP contribution in [-0.4, -0.2) is 139 Å². The fraction of sp³-hybridized carbons (Fsp3) is 0.459. The molecule has 29 heteroatoms. The van der Waals surface area contributed by atoms with Crippen molar-refractivity contribution in [3.8, 4) is 17.2 Å². The first kappa shape index (κ1) is 122. The Morgan fingerprint density at radius 3 is 0.921 bits per heavy atom. The molecular formula is C111H157N5O17S7. The van der Waals surface area contributed by atoms with Gasteiger partial charge in [0.15, 0.2) is 49.2 Å². The molecule has 0 saturated carbocycles. The summed E-state index contributed by atoms with van der Waals surface area (Å²) in [6.45, 7) is 20.8. The maximum Gasteiger partial charge on any atom is 0.425 e.